The molecular weight excluding hydrogens is 242 g/mol. The molecule has 2 heterocycles. The van der Waals surface area contributed by atoms with Crippen molar-refractivity contribution in [2.75, 3.05) is 11.4 Å². The van der Waals surface area contributed by atoms with Gasteiger partial charge in [0.15, 0.2) is 0 Å². The van der Waals surface area contributed by atoms with Gasteiger partial charge in [-0.3, -0.25) is 14.3 Å². The topological polar surface area (TPSA) is 55.2 Å². The van der Waals surface area contributed by atoms with E-state index in [-0.39, 0.29) is 0 Å². The molecule has 1 aliphatic rings. The molecule has 0 unspecified atom stereocenters. The van der Waals surface area contributed by atoms with Gasteiger partial charge in [-0.25, -0.2) is 0 Å². The summed E-state index contributed by atoms with van der Waals surface area (Å²) in [7, 11) is 0. The number of carbonyl (C=O) groups excluding carboxylic acids is 2. The minimum atomic E-state index is -0.448. The highest BCUT2D eigenvalue weighted by Crippen LogP contribution is 2.31. The van der Waals surface area contributed by atoms with Crippen molar-refractivity contribution < 1.29 is 9.59 Å². The summed E-state index contributed by atoms with van der Waals surface area (Å²) in [5.74, 6) is -0.865. The first-order valence-electron chi connectivity index (χ1n) is 6.11. The Hall–Kier alpha value is -2.43. The van der Waals surface area contributed by atoms with E-state index in [0.29, 0.717) is 18.7 Å². The lowest BCUT2D eigenvalue weighted by molar-refractivity contribution is -0.114. The molecule has 1 aliphatic heterocycles. The van der Waals surface area contributed by atoms with E-state index >= 15 is 0 Å². The van der Waals surface area contributed by atoms with Gasteiger partial charge in [-0.05, 0) is 24.6 Å². The molecule has 19 heavy (non-hydrogen) atoms. The highest BCUT2D eigenvalue weighted by atomic mass is 16.2. The number of hydrogen-bond donors (Lipinski definition) is 0. The Morgan fingerprint density at radius 3 is 2.74 bits per heavy atom. The molecule has 0 aliphatic carbocycles. The SMILES string of the molecule is Cc1cccc2c1N(CCn1cccn1)C(=O)C2=O. The molecule has 0 radical (unpaired) electrons. The van der Waals surface area contributed by atoms with Crippen molar-refractivity contribution in [3.8, 4) is 0 Å². The van der Waals surface area contributed by atoms with Gasteiger partial charge in [0.25, 0.3) is 11.7 Å². The molecule has 1 amide bonds. The van der Waals surface area contributed by atoms with Gasteiger partial charge in [-0.1, -0.05) is 12.1 Å². The summed E-state index contributed by atoms with van der Waals surface area (Å²) in [4.78, 5) is 25.5. The number of ketones is 1. The average Bonchev–Trinajstić information content (AvgIpc) is 2.99. The van der Waals surface area contributed by atoms with Gasteiger partial charge < -0.3 is 4.90 Å². The number of hydrogen-bond acceptors (Lipinski definition) is 3. The molecule has 1 aromatic carbocycles. The van der Waals surface area contributed by atoms with Gasteiger partial charge in [0.05, 0.1) is 17.8 Å². The second-order valence-corrected chi connectivity index (χ2v) is 4.53. The van der Waals surface area contributed by atoms with E-state index in [4.69, 9.17) is 0 Å². The van der Waals surface area contributed by atoms with Crippen LogP contribution in [-0.2, 0) is 11.3 Å². The van der Waals surface area contributed by atoms with Crippen LogP contribution < -0.4 is 4.90 Å². The second-order valence-electron chi connectivity index (χ2n) is 4.53. The van der Waals surface area contributed by atoms with Crippen LogP contribution >= 0.6 is 0 Å². The van der Waals surface area contributed by atoms with Crippen LogP contribution in [0.25, 0.3) is 0 Å². The summed E-state index contributed by atoms with van der Waals surface area (Å²) >= 11 is 0. The molecule has 0 saturated carbocycles. The molecule has 5 nitrogen and oxygen atoms in total. The number of para-hydroxylation sites is 1. The molecule has 5 heteroatoms. The number of benzene rings is 1. The van der Waals surface area contributed by atoms with Crippen LogP contribution in [0.1, 0.15) is 15.9 Å². The van der Waals surface area contributed by atoms with Crippen LogP contribution in [0.4, 0.5) is 5.69 Å². The summed E-state index contributed by atoms with van der Waals surface area (Å²) in [6, 6.07) is 7.24. The fraction of sp³-hybridized carbons (Fsp3) is 0.214. The summed E-state index contributed by atoms with van der Waals surface area (Å²) in [5, 5.41) is 4.09. The summed E-state index contributed by atoms with van der Waals surface area (Å²) < 4.78 is 1.74. The molecule has 0 spiro atoms. The molecule has 0 N–H and O–H groups in total. The number of aryl methyl sites for hydroxylation is 1. The van der Waals surface area contributed by atoms with Crippen molar-refractivity contribution in [2.45, 2.75) is 13.5 Å². The van der Waals surface area contributed by atoms with Crippen molar-refractivity contribution in [1.29, 1.82) is 0 Å². The molecule has 3 rings (SSSR count). The second kappa shape index (κ2) is 4.35. The first-order valence-corrected chi connectivity index (χ1v) is 6.11. The Labute approximate surface area is 110 Å². The summed E-state index contributed by atoms with van der Waals surface area (Å²) in [5.41, 5.74) is 2.19. The van der Waals surface area contributed by atoms with Crippen molar-refractivity contribution in [1.82, 2.24) is 9.78 Å². The van der Waals surface area contributed by atoms with Gasteiger partial charge in [0.2, 0.25) is 0 Å². The predicted molar refractivity (Wildman–Crippen MR) is 70.1 cm³/mol. The Balaban J connectivity index is 1.90. The van der Waals surface area contributed by atoms with E-state index in [2.05, 4.69) is 5.10 Å². The van der Waals surface area contributed by atoms with Crippen molar-refractivity contribution in [3.63, 3.8) is 0 Å². The van der Waals surface area contributed by atoms with E-state index in [0.717, 1.165) is 11.3 Å². The van der Waals surface area contributed by atoms with Crippen molar-refractivity contribution >= 4 is 17.4 Å². The molecule has 0 bridgehead atoms. The fourth-order valence-electron chi connectivity index (χ4n) is 2.39. The maximum absolute atomic E-state index is 12.0. The Morgan fingerprint density at radius 1 is 1.16 bits per heavy atom. The lowest BCUT2D eigenvalue weighted by Crippen LogP contribution is -2.33. The lowest BCUT2D eigenvalue weighted by Gasteiger charge is -2.18. The Kier molecular flexibility index (Phi) is 2.67. The number of fused-ring (bicyclic) bond motifs is 1. The van der Waals surface area contributed by atoms with E-state index < -0.39 is 11.7 Å². The molecule has 0 fully saturated rings. The van der Waals surface area contributed by atoms with Crippen LogP contribution in [0.5, 0.6) is 0 Å². The quantitative estimate of drug-likeness (QED) is 0.779. The minimum Gasteiger partial charge on any atom is -0.303 e. The number of Topliss-reactive ketones (excluding diaryl/α,β-unsaturated/α-hetero) is 1. The zero-order valence-electron chi connectivity index (χ0n) is 10.5. The third-order valence-corrected chi connectivity index (χ3v) is 3.30. The maximum Gasteiger partial charge on any atom is 0.299 e. The van der Waals surface area contributed by atoms with Crippen LogP contribution in [0.15, 0.2) is 36.7 Å². The van der Waals surface area contributed by atoms with Gasteiger partial charge >= 0.3 is 0 Å². The Bertz CT molecular complexity index is 647. The summed E-state index contributed by atoms with van der Waals surface area (Å²) in [6.07, 6.45) is 3.53. The smallest absolute Gasteiger partial charge is 0.299 e. The molecule has 2 aromatic rings. The number of rotatable bonds is 3. The van der Waals surface area contributed by atoms with Crippen LogP contribution in [0.2, 0.25) is 0 Å². The van der Waals surface area contributed by atoms with Gasteiger partial charge in [0.1, 0.15) is 0 Å². The number of nitrogens with zero attached hydrogens (tertiary/aromatic N) is 3. The third-order valence-electron chi connectivity index (χ3n) is 3.30. The summed E-state index contributed by atoms with van der Waals surface area (Å²) in [6.45, 7) is 2.93. The number of anilines is 1. The molecule has 0 atom stereocenters. The number of carbonyl (C=O) groups is 2. The first-order chi connectivity index (χ1) is 9.18. The maximum atomic E-state index is 12.0. The predicted octanol–water partition coefficient (Wildman–Crippen LogP) is 1.42. The molecular formula is C14H13N3O2. The fourth-order valence-corrected chi connectivity index (χ4v) is 2.39. The first kappa shape index (κ1) is 11.6. The molecule has 0 saturated heterocycles. The van der Waals surface area contributed by atoms with Crippen molar-refractivity contribution in [3.05, 3.63) is 47.8 Å². The number of amides is 1. The van der Waals surface area contributed by atoms with Crippen molar-refractivity contribution in [2.24, 2.45) is 0 Å². The highest BCUT2D eigenvalue weighted by Gasteiger charge is 2.36. The van der Waals surface area contributed by atoms with Gasteiger partial charge in [-0.2, -0.15) is 5.10 Å². The van der Waals surface area contributed by atoms with Gasteiger partial charge in [-0.15, -0.1) is 0 Å². The monoisotopic (exact) mass is 255 g/mol. The van der Waals surface area contributed by atoms with E-state index in [1.807, 2.05) is 25.3 Å². The zero-order chi connectivity index (χ0) is 13.4. The zero-order valence-corrected chi connectivity index (χ0v) is 10.5. The van der Waals surface area contributed by atoms with E-state index in [1.54, 1.807) is 27.9 Å². The third kappa shape index (κ3) is 1.83. The van der Waals surface area contributed by atoms with Crippen LogP contribution in [0, 0.1) is 6.92 Å². The minimum absolute atomic E-state index is 0.417. The highest BCUT2D eigenvalue weighted by molar-refractivity contribution is 6.52. The average molecular weight is 255 g/mol. The molecule has 96 valence electrons. The Morgan fingerprint density at radius 2 is 2.00 bits per heavy atom. The van der Waals surface area contributed by atoms with Crippen LogP contribution in [0.3, 0.4) is 0 Å². The normalized spacial score (nSPS) is 14.1. The largest absolute Gasteiger partial charge is 0.303 e. The number of aromatic nitrogens is 2. The standard InChI is InChI=1S/C14H13N3O2/c1-10-4-2-5-11-12(10)17(14(19)13(11)18)9-8-16-7-3-6-15-16/h2-7H,8-9H2,1H3. The lowest BCUT2D eigenvalue weighted by atomic mass is 10.1. The van der Waals surface area contributed by atoms with Gasteiger partial charge in [0, 0.05) is 18.9 Å². The van der Waals surface area contributed by atoms with Crippen LogP contribution in [-0.4, -0.2) is 28.0 Å². The van der Waals surface area contributed by atoms with E-state index in [1.165, 1.54) is 0 Å². The van der Waals surface area contributed by atoms with E-state index in [9.17, 15) is 9.59 Å². The molecule has 1 aromatic heterocycles.